The van der Waals surface area contributed by atoms with Crippen molar-refractivity contribution in [2.24, 2.45) is 0 Å². The van der Waals surface area contributed by atoms with Crippen molar-refractivity contribution in [2.45, 2.75) is 32.7 Å². The number of carboxylic acid groups (broad SMARTS) is 1. The Morgan fingerprint density at radius 3 is 3.00 bits per heavy atom. The third-order valence-electron chi connectivity index (χ3n) is 3.27. The molecule has 2 rings (SSSR count). The maximum Gasteiger partial charge on any atom is 0.345 e. The summed E-state index contributed by atoms with van der Waals surface area (Å²) in [4.78, 5) is 26.1. The fraction of sp³-hybridized carbons (Fsp3) is 0.571. The standard InChI is InChI=1S/C14H19NO4S/c1-2-3-6-19-13(16)9-15-5-4-11-10(8-15)7-12(20-11)14(17)18/h7H,2-6,8-9H2,1H3,(H,17,18). The molecule has 0 saturated heterocycles. The molecule has 0 spiro atoms. The Morgan fingerprint density at radius 2 is 2.30 bits per heavy atom. The Hall–Kier alpha value is -1.40. The van der Waals surface area contributed by atoms with Gasteiger partial charge in [-0.3, -0.25) is 9.69 Å². The molecule has 0 unspecified atom stereocenters. The van der Waals surface area contributed by atoms with E-state index in [0.717, 1.165) is 36.2 Å². The third-order valence-corrected chi connectivity index (χ3v) is 4.50. The first kappa shape index (κ1) is 15.0. The first-order valence-electron chi connectivity index (χ1n) is 6.83. The summed E-state index contributed by atoms with van der Waals surface area (Å²) in [6.07, 6.45) is 2.70. The first-order valence-corrected chi connectivity index (χ1v) is 7.64. The highest BCUT2D eigenvalue weighted by molar-refractivity contribution is 7.14. The van der Waals surface area contributed by atoms with E-state index in [1.165, 1.54) is 11.3 Å². The number of hydrogen-bond acceptors (Lipinski definition) is 5. The lowest BCUT2D eigenvalue weighted by molar-refractivity contribution is -0.145. The number of ether oxygens (including phenoxy) is 1. The second-order valence-corrected chi connectivity index (χ2v) is 6.04. The highest BCUT2D eigenvalue weighted by atomic mass is 32.1. The van der Waals surface area contributed by atoms with E-state index in [2.05, 4.69) is 6.92 Å². The van der Waals surface area contributed by atoms with Crippen molar-refractivity contribution in [2.75, 3.05) is 19.7 Å². The molecule has 1 aliphatic rings. The van der Waals surface area contributed by atoms with E-state index in [1.807, 2.05) is 4.90 Å². The van der Waals surface area contributed by atoms with E-state index in [1.54, 1.807) is 6.07 Å². The molecule has 0 aromatic carbocycles. The molecule has 5 nitrogen and oxygen atoms in total. The summed E-state index contributed by atoms with van der Waals surface area (Å²) < 4.78 is 5.14. The maximum absolute atomic E-state index is 11.7. The van der Waals surface area contributed by atoms with Crippen LogP contribution in [0.4, 0.5) is 0 Å². The van der Waals surface area contributed by atoms with Crippen LogP contribution < -0.4 is 0 Å². The minimum absolute atomic E-state index is 0.199. The quantitative estimate of drug-likeness (QED) is 0.643. The Bertz CT molecular complexity index is 497. The van der Waals surface area contributed by atoms with Crippen LogP contribution in [0, 0.1) is 0 Å². The summed E-state index contributed by atoms with van der Waals surface area (Å²) in [6, 6.07) is 1.72. The number of hydrogen-bond donors (Lipinski definition) is 1. The molecule has 20 heavy (non-hydrogen) atoms. The highest BCUT2D eigenvalue weighted by Gasteiger charge is 2.22. The van der Waals surface area contributed by atoms with Gasteiger partial charge in [-0.05, 0) is 24.5 Å². The number of thiophene rings is 1. The van der Waals surface area contributed by atoms with Crippen molar-refractivity contribution >= 4 is 23.3 Å². The summed E-state index contributed by atoms with van der Waals surface area (Å²) in [5.41, 5.74) is 1.03. The molecule has 2 heterocycles. The Kier molecular flexibility index (Phi) is 5.14. The number of aromatic carboxylic acids is 1. The van der Waals surface area contributed by atoms with Crippen LogP contribution >= 0.6 is 11.3 Å². The van der Waals surface area contributed by atoms with E-state index in [-0.39, 0.29) is 12.5 Å². The Morgan fingerprint density at radius 1 is 1.50 bits per heavy atom. The second-order valence-electron chi connectivity index (χ2n) is 4.90. The van der Waals surface area contributed by atoms with Gasteiger partial charge in [0.15, 0.2) is 0 Å². The Labute approximate surface area is 122 Å². The smallest absolute Gasteiger partial charge is 0.345 e. The molecule has 0 aliphatic carbocycles. The molecule has 1 aromatic rings. The third kappa shape index (κ3) is 3.80. The van der Waals surface area contributed by atoms with E-state index >= 15 is 0 Å². The molecule has 0 atom stereocenters. The summed E-state index contributed by atoms with van der Waals surface area (Å²) in [5, 5.41) is 8.99. The van der Waals surface area contributed by atoms with Crippen molar-refractivity contribution < 1.29 is 19.4 Å². The number of esters is 1. The summed E-state index contributed by atoms with van der Waals surface area (Å²) in [7, 11) is 0. The number of carbonyl (C=O) groups is 2. The molecule has 0 fully saturated rings. The molecule has 1 N–H and O–H groups in total. The number of nitrogens with zero attached hydrogens (tertiary/aromatic N) is 1. The van der Waals surface area contributed by atoms with Gasteiger partial charge in [-0.1, -0.05) is 13.3 Å². The lowest BCUT2D eigenvalue weighted by Gasteiger charge is -2.25. The topological polar surface area (TPSA) is 66.8 Å². The largest absolute Gasteiger partial charge is 0.477 e. The molecule has 0 amide bonds. The molecule has 1 aromatic heterocycles. The SMILES string of the molecule is CCCCOC(=O)CN1CCc2sc(C(=O)O)cc2C1. The van der Waals surface area contributed by atoms with Crippen molar-refractivity contribution in [3.63, 3.8) is 0 Å². The van der Waals surface area contributed by atoms with Crippen LogP contribution in [-0.2, 0) is 22.5 Å². The molecular formula is C14H19NO4S. The predicted octanol–water partition coefficient (Wildman–Crippen LogP) is 2.15. The van der Waals surface area contributed by atoms with E-state index in [9.17, 15) is 9.59 Å². The van der Waals surface area contributed by atoms with E-state index < -0.39 is 5.97 Å². The minimum Gasteiger partial charge on any atom is -0.477 e. The van der Waals surface area contributed by atoms with Crippen LogP contribution in [0.15, 0.2) is 6.07 Å². The average Bonchev–Trinajstić information content (AvgIpc) is 2.82. The van der Waals surface area contributed by atoms with E-state index in [0.29, 0.717) is 18.0 Å². The molecule has 0 bridgehead atoms. The molecule has 0 radical (unpaired) electrons. The van der Waals surface area contributed by atoms with Gasteiger partial charge in [-0.2, -0.15) is 0 Å². The van der Waals surface area contributed by atoms with Crippen molar-refractivity contribution in [1.29, 1.82) is 0 Å². The highest BCUT2D eigenvalue weighted by Crippen LogP contribution is 2.28. The number of carbonyl (C=O) groups excluding carboxylic acids is 1. The number of carboxylic acids is 1. The van der Waals surface area contributed by atoms with E-state index in [4.69, 9.17) is 9.84 Å². The summed E-state index contributed by atoms with van der Waals surface area (Å²) >= 11 is 1.34. The second kappa shape index (κ2) is 6.85. The van der Waals surface area contributed by atoms with Gasteiger partial charge >= 0.3 is 11.9 Å². The van der Waals surface area contributed by atoms with Gasteiger partial charge in [0.1, 0.15) is 4.88 Å². The van der Waals surface area contributed by atoms with Crippen LogP contribution in [0.25, 0.3) is 0 Å². The van der Waals surface area contributed by atoms with Gasteiger partial charge in [0.05, 0.1) is 13.2 Å². The molecule has 0 saturated carbocycles. The normalized spacial score (nSPS) is 14.8. The number of fused-ring (bicyclic) bond motifs is 1. The zero-order chi connectivity index (χ0) is 14.5. The fourth-order valence-corrected chi connectivity index (χ4v) is 3.19. The monoisotopic (exact) mass is 297 g/mol. The lowest BCUT2D eigenvalue weighted by atomic mass is 10.1. The zero-order valence-corrected chi connectivity index (χ0v) is 12.4. The summed E-state index contributed by atoms with van der Waals surface area (Å²) in [6.45, 7) is 4.21. The van der Waals surface area contributed by atoms with Crippen LogP contribution in [0.1, 0.15) is 39.9 Å². The van der Waals surface area contributed by atoms with Crippen molar-refractivity contribution in [1.82, 2.24) is 4.90 Å². The van der Waals surface area contributed by atoms with Gasteiger partial charge in [0, 0.05) is 18.0 Å². The fourth-order valence-electron chi connectivity index (χ4n) is 2.19. The van der Waals surface area contributed by atoms with Crippen LogP contribution in [-0.4, -0.2) is 41.6 Å². The number of rotatable bonds is 6. The van der Waals surface area contributed by atoms with Crippen molar-refractivity contribution in [3.05, 3.63) is 21.4 Å². The van der Waals surface area contributed by atoms with Gasteiger partial charge < -0.3 is 9.84 Å². The molecule has 1 aliphatic heterocycles. The molecule has 6 heteroatoms. The number of unbranched alkanes of at least 4 members (excludes halogenated alkanes) is 1. The van der Waals surface area contributed by atoms with Crippen LogP contribution in [0.5, 0.6) is 0 Å². The molecular weight excluding hydrogens is 278 g/mol. The van der Waals surface area contributed by atoms with Crippen LogP contribution in [0.2, 0.25) is 0 Å². The zero-order valence-electron chi connectivity index (χ0n) is 11.6. The van der Waals surface area contributed by atoms with Gasteiger partial charge in [0.25, 0.3) is 0 Å². The van der Waals surface area contributed by atoms with Gasteiger partial charge in [-0.15, -0.1) is 11.3 Å². The maximum atomic E-state index is 11.7. The lowest BCUT2D eigenvalue weighted by Crippen LogP contribution is -2.35. The predicted molar refractivity (Wildman–Crippen MR) is 76.1 cm³/mol. The molecule has 110 valence electrons. The van der Waals surface area contributed by atoms with Crippen molar-refractivity contribution in [3.8, 4) is 0 Å². The first-order chi connectivity index (χ1) is 9.60. The van der Waals surface area contributed by atoms with Crippen LogP contribution in [0.3, 0.4) is 0 Å². The van der Waals surface area contributed by atoms with Gasteiger partial charge in [0.2, 0.25) is 0 Å². The average molecular weight is 297 g/mol. The minimum atomic E-state index is -0.880. The Balaban J connectivity index is 1.87. The van der Waals surface area contributed by atoms with Gasteiger partial charge in [-0.25, -0.2) is 4.79 Å². The summed E-state index contributed by atoms with van der Waals surface area (Å²) in [5.74, 6) is -1.08.